The Morgan fingerprint density at radius 2 is 1.83 bits per heavy atom. The molecule has 2 aliphatic rings. The summed E-state index contributed by atoms with van der Waals surface area (Å²) in [7, 11) is 2.17. The smallest absolute Gasteiger partial charge is 0.224 e. The first-order chi connectivity index (χ1) is 17.5. The number of unbranched alkanes of at least 4 members (excludes halogenated alkanes) is 1. The molecule has 36 heavy (non-hydrogen) atoms. The number of pyridine rings is 1. The highest BCUT2D eigenvalue weighted by Gasteiger charge is 2.22. The molecule has 0 aromatic carbocycles. The van der Waals surface area contributed by atoms with Crippen LogP contribution < -0.4 is 10.6 Å². The number of hydrogen-bond donors (Lipinski definition) is 4. The van der Waals surface area contributed by atoms with E-state index in [2.05, 4.69) is 51.5 Å². The van der Waals surface area contributed by atoms with Gasteiger partial charge in [-0.15, -0.1) is 0 Å². The number of nitrogens with zero attached hydrogens (tertiary/aromatic N) is 5. The van der Waals surface area contributed by atoms with Crippen molar-refractivity contribution in [1.29, 1.82) is 0 Å². The monoisotopic (exact) mass is 497 g/mol. The maximum Gasteiger partial charge on any atom is 0.224 e. The third-order valence-electron chi connectivity index (χ3n) is 7.39. The van der Waals surface area contributed by atoms with Crippen molar-refractivity contribution in [2.45, 2.75) is 76.6 Å². The van der Waals surface area contributed by atoms with Crippen molar-refractivity contribution in [3.63, 3.8) is 0 Å². The molecule has 0 bridgehead atoms. The second-order valence-electron chi connectivity index (χ2n) is 10.4. The number of anilines is 2. The van der Waals surface area contributed by atoms with E-state index >= 15 is 0 Å². The summed E-state index contributed by atoms with van der Waals surface area (Å²) in [5.41, 5.74) is 2.92. The summed E-state index contributed by atoms with van der Waals surface area (Å²) < 4.78 is 0. The van der Waals surface area contributed by atoms with E-state index in [1.807, 2.05) is 12.4 Å². The van der Waals surface area contributed by atoms with Gasteiger partial charge in [0.15, 0.2) is 0 Å². The van der Waals surface area contributed by atoms with Crippen molar-refractivity contribution in [1.82, 2.24) is 24.8 Å². The fraction of sp³-hybridized carbons (Fsp3) is 0.667. The number of piperazine rings is 1. The molecule has 198 valence electrons. The standard InChI is InChI=1S/C27H43N7O2/c1-3-4-5-22(19-35)31-27-29-17-24(26(32-27)30-21-7-9-23(36)10-8-21)25-11-6-20(16-28-25)18-34-14-12-33(2)13-15-34/h6,11,16-17,21-23,35-36H,3-5,7-10,12-15,18-19H2,1-2H3,(H2,29,30,31,32). The predicted molar refractivity (Wildman–Crippen MR) is 144 cm³/mol. The number of aliphatic hydroxyl groups is 2. The largest absolute Gasteiger partial charge is 0.394 e. The van der Waals surface area contributed by atoms with Gasteiger partial charge in [0.2, 0.25) is 5.95 Å². The number of rotatable bonds is 11. The molecule has 1 saturated heterocycles. The van der Waals surface area contributed by atoms with Crippen molar-refractivity contribution >= 4 is 11.8 Å². The highest BCUT2D eigenvalue weighted by molar-refractivity contribution is 5.73. The third kappa shape index (κ3) is 7.59. The molecule has 2 fully saturated rings. The van der Waals surface area contributed by atoms with Crippen LogP contribution in [0.5, 0.6) is 0 Å². The quantitative estimate of drug-likeness (QED) is 0.372. The van der Waals surface area contributed by atoms with Crippen LogP contribution in [0, 0.1) is 0 Å². The van der Waals surface area contributed by atoms with Gasteiger partial charge in [-0.2, -0.15) is 4.98 Å². The Morgan fingerprint density at radius 1 is 1.06 bits per heavy atom. The molecule has 3 heterocycles. The van der Waals surface area contributed by atoms with Gasteiger partial charge in [-0.3, -0.25) is 9.88 Å². The summed E-state index contributed by atoms with van der Waals surface area (Å²) >= 11 is 0. The van der Waals surface area contributed by atoms with Gasteiger partial charge >= 0.3 is 0 Å². The van der Waals surface area contributed by atoms with Crippen molar-refractivity contribution in [2.24, 2.45) is 0 Å². The van der Waals surface area contributed by atoms with Gasteiger partial charge in [-0.25, -0.2) is 4.98 Å². The number of nitrogens with one attached hydrogen (secondary N) is 2. The molecule has 1 saturated carbocycles. The molecule has 0 radical (unpaired) electrons. The van der Waals surface area contributed by atoms with Crippen molar-refractivity contribution in [3.05, 3.63) is 30.1 Å². The van der Waals surface area contributed by atoms with E-state index in [1.54, 1.807) is 0 Å². The lowest BCUT2D eigenvalue weighted by Crippen LogP contribution is -2.43. The van der Waals surface area contributed by atoms with Crippen molar-refractivity contribution < 1.29 is 10.2 Å². The summed E-state index contributed by atoms with van der Waals surface area (Å²) in [5.74, 6) is 1.26. The lowest BCUT2D eigenvalue weighted by atomic mass is 9.93. The molecule has 0 spiro atoms. The Hall–Kier alpha value is -2.33. The number of aromatic nitrogens is 3. The van der Waals surface area contributed by atoms with E-state index in [-0.39, 0.29) is 24.8 Å². The average molecular weight is 498 g/mol. The summed E-state index contributed by atoms with van der Waals surface area (Å²) in [5, 5.41) is 26.6. The van der Waals surface area contributed by atoms with Gasteiger partial charge in [0.25, 0.3) is 0 Å². The fourth-order valence-electron chi connectivity index (χ4n) is 4.95. The van der Waals surface area contributed by atoms with Crippen LogP contribution in [-0.4, -0.2) is 93.0 Å². The van der Waals surface area contributed by atoms with Crippen LogP contribution >= 0.6 is 0 Å². The van der Waals surface area contributed by atoms with E-state index in [9.17, 15) is 10.2 Å². The van der Waals surface area contributed by atoms with E-state index in [4.69, 9.17) is 9.97 Å². The van der Waals surface area contributed by atoms with Crippen LogP contribution in [0.1, 0.15) is 57.4 Å². The normalized spacial score (nSPS) is 22.3. The third-order valence-corrected chi connectivity index (χ3v) is 7.39. The second kappa shape index (κ2) is 13.3. The minimum absolute atomic E-state index is 0.0463. The number of likely N-dealkylation sites (N-methyl/N-ethyl adjacent to an activating group) is 1. The van der Waals surface area contributed by atoms with Gasteiger partial charge in [-0.1, -0.05) is 25.8 Å². The summed E-state index contributed by atoms with van der Waals surface area (Å²) in [6.45, 7) is 7.47. The van der Waals surface area contributed by atoms with Crippen LogP contribution in [0.25, 0.3) is 11.3 Å². The molecule has 4 rings (SSSR count). The minimum Gasteiger partial charge on any atom is -0.394 e. The zero-order valence-electron chi connectivity index (χ0n) is 21.9. The predicted octanol–water partition coefficient (Wildman–Crippen LogP) is 2.96. The van der Waals surface area contributed by atoms with E-state index < -0.39 is 0 Å². The Morgan fingerprint density at radius 3 is 2.50 bits per heavy atom. The van der Waals surface area contributed by atoms with Gasteiger partial charge in [-0.05, 0) is 50.8 Å². The molecule has 2 aromatic heterocycles. The van der Waals surface area contributed by atoms with Crippen LogP contribution in [0.4, 0.5) is 11.8 Å². The maximum atomic E-state index is 9.92. The Balaban J connectivity index is 1.50. The first-order valence-corrected chi connectivity index (χ1v) is 13.6. The lowest BCUT2D eigenvalue weighted by Gasteiger charge is -2.32. The molecule has 9 nitrogen and oxygen atoms in total. The Labute approximate surface area is 215 Å². The molecule has 1 aliphatic carbocycles. The van der Waals surface area contributed by atoms with Crippen LogP contribution in [0.15, 0.2) is 24.5 Å². The lowest BCUT2D eigenvalue weighted by molar-refractivity contribution is 0.126. The summed E-state index contributed by atoms with van der Waals surface area (Å²) in [6, 6.07) is 4.39. The van der Waals surface area contributed by atoms with Gasteiger partial charge in [0.05, 0.1) is 30.0 Å². The Bertz CT molecular complexity index is 926. The molecule has 2 aromatic rings. The van der Waals surface area contributed by atoms with Gasteiger partial charge in [0, 0.05) is 51.2 Å². The van der Waals surface area contributed by atoms with Crippen LogP contribution in [0.3, 0.4) is 0 Å². The minimum atomic E-state index is -0.205. The molecule has 1 aliphatic heterocycles. The number of aliphatic hydroxyl groups excluding tert-OH is 2. The van der Waals surface area contributed by atoms with Crippen molar-refractivity contribution in [3.8, 4) is 11.3 Å². The zero-order chi connectivity index (χ0) is 25.3. The molecular weight excluding hydrogens is 454 g/mol. The first kappa shape index (κ1) is 26.7. The topological polar surface area (TPSA) is 110 Å². The van der Waals surface area contributed by atoms with E-state index in [0.29, 0.717) is 5.95 Å². The molecular formula is C27H43N7O2. The summed E-state index contributed by atoms with van der Waals surface area (Å²) in [4.78, 5) is 19.0. The highest BCUT2D eigenvalue weighted by Crippen LogP contribution is 2.29. The van der Waals surface area contributed by atoms with Gasteiger partial charge < -0.3 is 25.7 Å². The summed E-state index contributed by atoms with van der Waals surface area (Å²) in [6.07, 6.45) is 9.98. The number of hydrogen-bond acceptors (Lipinski definition) is 9. The zero-order valence-corrected chi connectivity index (χ0v) is 21.9. The second-order valence-corrected chi connectivity index (χ2v) is 10.4. The fourth-order valence-corrected chi connectivity index (χ4v) is 4.95. The van der Waals surface area contributed by atoms with Crippen LogP contribution in [-0.2, 0) is 6.54 Å². The Kier molecular flexibility index (Phi) is 9.86. The van der Waals surface area contributed by atoms with Gasteiger partial charge in [0.1, 0.15) is 5.82 Å². The molecule has 1 atom stereocenters. The van der Waals surface area contributed by atoms with E-state index in [1.165, 1.54) is 5.56 Å². The average Bonchev–Trinajstić information content (AvgIpc) is 2.90. The SMILES string of the molecule is CCCCC(CO)Nc1ncc(-c2ccc(CN3CCN(C)CC3)cn2)c(NC2CCC(O)CC2)n1. The molecule has 9 heteroatoms. The molecule has 4 N–H and O–H groups in total. The highest BCUT2D eigenvalue weighted by atomic mass is 16.3. The maximum absolute atomic E-state index is 9.92. The first-order valence-electron chi connectivity index (χ1n) is 13.6. The van der Waals surface area contributed by atoms with Crippen LogP contribution in [0.2, 0.25) is 0 Å². The van der Waals surface area contributed by atoms with Crippen molar-refractivity contribution in [2.75, 3.05) is 50.5 Å². The van der Waals surface area contributed by atoms with E-state index in [0.717, 1.165) is 94.7 Å². The molecule has 0 amide bonds. The molecule has 1 unspecified atom stereocenters.